The van der Waals surface area contributed by atoms with Crippen molar-refractivity contribution in [3.05, 3.63) is 30.3 Å². The van der Waals surface area contributed by atoms with Crippen LogP contribution in [-0.2, 0) is 9.84 Å². The zero-order valence-electron chi connectivity index (χ0n) is 10.8. The summed E-state index contributed by atoms with van der Waals surface area (Å²) in [5.74, 6) is 0. The molecular formula is C14H20O4S. The maximum Gasteiger partial charge on any atom is 0.186 e. The highest BCUT2D eigenvalue weighted by atomic mass is 32.2. The summed E-state index contributed by atoms with van der Waals surface area (Å²) < 4.78 is 24.5. The third kappa shape index (κ3) is 2.42. The first-order valence-electron chi connectivity index (χ1n) is 6.63. The predicted molar refractivity (Wildman–Crippen MR) is 72.5 cm³/mol. The van der Waals surface area contributed by atoms with Gasteiger partial charge in [0.05, 0.1) is 11.0 Å². The van der Waals surface area contributed by atoms with Gasteiger partial charge in [0.1, 0.15) is 4.75 Å². The van der Waals surface area contributed by atoms with Gasteiger partial charge in [0.2, 0.25) is 0 Å². The number of benzene rings is 1. The summed E-state index contributed by atoms with van der Waals surface area (Å²) in [4.78, 5) is 0.258. The molecule has 1 aliphatic rings. The highest BCUT2D eigenvalue weighted by Gasteiger charge is 2.51. The SMILES string of the molecule is O=S(=O)(c1ccccc1)C1(C(O)CCO)CCCC1. The van der Waals surface area contributed by atoms with Crippen LogP contribution < -0.4 is 0 Å². The van der Waals surface area contributed by atoms with E-state index in [2.05, 4.69) is 0 Å². The van der Waals surface area contributed by atoms with Crippen molar-refractivity contribution in [1.29, 1.82) is 0 Å². The van der Waals surface area contributed by atoms with Gasteiger partial charge in [-0.05, 0) is 31.4 Å². The molecule has 1 saturated carbocycles. The average Bonchev–Trinajstić information content (AvgIpc) is 2.91. The first kappa shape index (κ1) is 14.5. The zero-order chi connectivity index (χ0) is 13.9. The molecule has 106 valence electrons. The molecule has 1 aromatic carbocycles. The lowest BCUT2D eigenvalue weighted by atomic mass is 9.97. The molecule has 1 atom stereocenters. The molecule has 5 heteroatoms. The van der Waals surface area contributed by atoms with Crippen LogP contribution in [0.25, 0.3) is 0 Å². The van der Waals surface area contributed by atoms with Crippen LogP contribution >= 0.6 is 0 Å². The molecule has 0 spiro atoms. The van der Waals surface area contributed by atoms with E-state index in [9.17, 15) is 13.5 Å². The summed E-state index contributed by atoms with van der Waals surface area (Å²) in [5.41, 5.74) is 0. The van der Waals surface area contributed by atoms with Crippen LogP contribution in [0.5, 0.6) is 0 Å². The number of sulfone groups is 1. The van der Waals surface area contributed by atoms with Crippen molar-refractivity contribution in [2.75, 3.05) is 6.61 Å². The second kappa shape index (κ2) is 5.61. The minimum Gasteiger partial charge on any atom is -0.396 e. The normalized spacial score (nSPS) is 20.3. The summed E-state index contributed by atoms with van der Waals surface area (Å²) in [6.45, 7) is -0.201. The van der Waals surface area contributed by atoms with Crippen molar-refractivity contribution in [2.45, 2.75) is 47.9 Å². The Morgan fingerprint density at radius 3 is 2.26 bits per heavy atom. The first-order chi connectivity index (χ1) is 9.04. The van der Waals surface area contributed by atoms with Crippen LogP contribution in [0.3, 0.4) is 0 Å². The minimum absolute atomic E-state index is 0.103. The molecule has 0 heterocycles. The van der Waals surface area contributed by atoms with E-state index in [-0.39, 0.29) is 17.9 Å². The van der Waals surface area contributed by atoms with E-state index < -0.39 is 20.7 Å². The third-order valence-corrected chi connectivity index (χ3v) is 6.69. The van der Waals surface area contributed by atoms with Crippen molar-refractivity contribution < 1.29 is 18.6 Å². The molecule has 0 amide bonds. The Kier molecular flexibility index (Phi) is 4.28. The quantitative estimate of drug-likeness (QED) is 0.859. The number of aliphatic hydroxyl groups is 2. The predicted octanol–water partition coefficient (Wildman–Crippen LogP) is 1.52. The van der Waals surface area contributed by atoms with E-state index in [0.717, 1.165) is 12.8 Å². The Balaban J connectivity index is 2.45. The Morgan fingerprint density at radius 2 is 1.74 bits per heavy atom. The Hall–Kier alpha value is -0.910. The van der Waals surface area contributed by atoms with E-state index in [4.69, 9.17) is 5.11 Å². The van der Waals surface area contributed by atoms with Crippen LogP contribution in [0.15, 0.2) is 35.2 Å². The Morgan fingerprint density at radius 1 is 1.16 bits per heavy atom. The van der Waals surface area contributed by atoms with Gasteiger partial charge in [-0.25, -0.2) is 8.42 Å². The van der Waals surface area contributed by atoms with Crippen LogP contribution in [0.1, 0.15) is 32.1 Å². The molecule has 0 aromatic heterocycles. The fourth-order valence-corrected chi connectivity index (χ4v) is 5.26. The Labute approximate surface area is 114 Å². The lowest BCUT2D eigenvalue weighted by Crippen LogP contribution is -2.47. The largest absolute Gasteiger partial charge is 0.396 e. The third-order valence-electron chi connectivity index (χ3n) is 4.05. The highest BCUT2D eigenvalue weighted by molar-refractivity contribution is 7.93. The van der Waals surface area contributed by atoms with Crippen molar-refractivity contribution in [3.8, 4) is 0 Å². The molecular weight excluding hydrogens is 264 g/mol. The molecule has 1 fully saturated rings. The van der Waals surface area contributed by atoms with E-state index in [1.165, 1.54) is 0 Å². The average molecular weight is 284 g/mol. The molecule has 0 radical (unpaired) electrons. The maximum absolute atomic E-state index is 12.8. The van der Waals surface area contributed by atoms with Crippen LogP contribution in [-0.4, -0.2) is 36.1 Å². The topological polar surface area (TPSA) is 74.6 Å². The van der Waals surface area contributed by atoms with Gasteiger partial charge in [-0.3, -0.25) is 0 Å². The van der Waals surface area contributed by atoms with Crippen LogP contribution in [0.2, 0.25) is 0 Å². The monoisotopic (exact) mass is 284 g/mol. The number of hydrogen-bond donors (Lipinski definition) is 2. The molecule has 1 aliphatic carbocycles. The summed E-state index contributed by atoms with van der Waals surface area (Å²) in [7, 11) is -3.58. The second-order valence-electron chi connectivity index (χ2n) is 5.12. The zero-order valence-corrected chi connectivity index (χ0v) is 11.6. The lowest BCUT2D eigenvalue weighted by molar-refractivity contribution is 0.0929. The van der Waals surface area contributed by atoms with E-state index in [1.807, 2.05) is 0 Å². The molecule has 19 heavy (non-hydrogen) atoms. The van der Waals surface area contributed by atoms with Gasteiger partial charge in [0, 0.05) is 6.61 Å². The van der Waals surface area contributed by atoms with Gasteiger partial charge in [0.15, 0.2) is 9.84 Å². The van der Waals surface area contributed by atoms with Crippen LogP contribution in [0.4, 0.5) is 0 Å². The molecule has 0 bridgehead atoms. The maximum atomic E-state index is 12.8. The summed E-state index contributed by atoms with van der Waals surface area (Å²) in [6, 6.07) is 8.29. The van der Waals surface area contributed by atoms with E-state index >= 15 is 0 Å². The standard InChI is InChI=1S/C14H20O4S/c15-11-8-13(16)14(9-4-5-10-14)19(17,18)12-6-2-1-3-7-12/h1-3,6-7,13,15-16H,4-5,8-11H2. The van der Waals surface area contributed by atoms with Crippen molar-refractivity contribution >= 4 is 9.84 Å². The van der Waals surface area contributed by atoms with Crippen molar-refractivity contribution in [1.82, 2.24) is 0 Å². The van der Waals surface area contributed by atoms with Crippen molar-refractivity contribution in [3.63, 3.8) is 0 Å². The summed E-state index contributed by atoms with van der Waals surface area (Å²) in [5, 5.41) is 19.3. The number of aliphatic hydroxyl groups excluding tert-OH is 2. The minimum atomic E-state index is -3.58. The molecule has 2 N–H and O–H groups in total. The van der Waals surface area contributed by atoms with Gasteiger partial charge in [-0.2, -0.15) is 0 Å². The van der Waals surface area contributed by atoms with Gasteiger partial charge in [-0.1, -0.05) is 31.0 Å². The summed E-state index contributed by atoms with van der Waals surface area (Å²) in [6.07, 6.45) is 1.62. The molecule has 1 aromatic rings. The number of hydrogen-bond acceptors (Lipinski definition) is 4. The molecule has 4 nitrogen and oxygen atoms in total. The second-order valence-corrected chi connectivity index (χ2v) is 7.41. The van der Waals surface area contributed by atoms with E-state index in [0.29, 0.717) is 12.8 Å². The lowest BCUT2D eigenvalue weighted by Gasteiger charge is -2.33. The molecule has 0 aliphatic heterocycles. The van der Waals surface area contributed by atoms with Crippen LogP contribution in [0, 0.1) is 0 Å². The van der Waals surface area contributed by atoms with E-state index in [1.54, 1.807) is 30.3 Å². The highest BCUT2D eigenvalue weighted by Crippen LogP contribution is 2.43. The molecule has 1 unspecified atom stereocenters. The first-order valence-corrected chi connectivity index (χ1v) is 8.11. The fourth-order valence-electron chi connectivity index (χ4n) is 2.97. The van der Waals surface area contributed by atoms with Gasteiger partial charge in [0.25, 0.3) is 0 Å². The number of rotatable bonds is 5. The fraction of sp³-hybridized carbons (Fsp3) is 0.571. The van der Waals surface area contributed by atoms with Gasteiger partial charge >= 0.3 is 0 Å². The molecule has 2 rings (SSSR count). The van der Waals surface area contributed by atoms with Crippen molar-refractivity contribution in [2.24, 2.45) is 0 Å². The van der Waals surface area contributed by atoms with Gasteiger partial charge in [-0.15, -0.1) is 0 Å². The molecule has 0 saturated heterocycles. The smallest absolute Gasteiger partial charge is 0.186 e. The summed E-state index contributed by atoms with van der Waals surface area (Å²) >= 11 is 0. The van der Waals surface area contributed by atoms with Gasteiger partial charge < -0.3 is 10.2 Å². The Bertz CT molecular complexity index is 504.